The summed E-state index contributed by atoms with van der Waals surface area (Å²) < 4.78 is 24.6. The van der Waals surface area contributed by atoms with Gasteiger partial charge in [0.15, 0.2) is 9.84 Å². The molecule has 5 heteroatoms. The van der Waals surface area contributed by atoms with Crippen molar-refractivity contribution in [1.29, 1.82) is 0 Å². The van der Waals surface area contributed by atoms with Gasteiger partial charge in [-0.05, 0) is 37.1 Å². The molecule has 0 spiro atoms. The molecule has 106 valence electrons. The Hall–Kier alpha value is -0.580. The van der Waals surface area contributed by atoms with Gasteiger partial charge >= 0.3 is 0 Å². The number of rotatable bonds is 4. The fraction of sp³-hybridized carbons (Fsp3) is 0.571. The van der Waals surface area contributed by atoms with E-state index >= 15 is 0 Å². The highest BCUT2D eigenvalue weighted by atomic mass is 35.5. The van der Waals surface area contributed by atoms with Gasteiger partial charge in [0.25, 0.3) is 0 Å². The second-order valence-corrected chi connectivity index (χ2v) is 7.77. The molecule has 1 fully saturated rings. The van der Waals surface area contributed by atoms with Gasteiger partial charge in [0.05, 0.1) is 11.0 Å². The standard InChI is InChI=1S/C14H20ClNO2S/c1-2-16-14(11-6-5-7-12(15)10-11)13-8-3-4-9-19(13,17)18/h5-7,10,13-14,16H,2-4,8-9H2,1H3. The van der Waals surface area contributed by atoms with Crippen molar-refractivity contribution in [2.24, 2.45) is 0 Å². The Labute approximate surface area is 120 Å². The van der Waals surface area contributed by atoms with Crippen molar-refractivity contribution in [2.75, 3.05) is 12.3 Å². The van der Waals surface area contributed by atoms with E-state index in [1.807, 2.05) is 31.2 Å². The molecule has 0 amide bonds. The molecule has 0 aromatic heterocycles. The first-order valence-electron chi connectivity index (χ1n) is 6.75. The highest BCUT2D eigenvalue weighted by Gasteiger charge is 2.35. The summed E-state index contributed by atoms with van der Waals surface area (Å²) in [5.41, 5.74) is 0.963. The zero-order chi connectivity index (χ0) is 13.9. The van der Waals surface area contributed by atoms with Crippen LogP contribution in [-0.4, -0.2) is 26.0 Å². The van der Waals surface area contributed by atoms with Crippen molar-refractivity contribution in [3.05, 3.63) is 34.9 Å². The van der Waals surface area contributed by atoms with Crippen molar-refractivity contribution in [3.8, 4) is 0 Å². The third-order valence-electron chi connectivity index (χ3n) is 3.63. The van der Waals surface area contributed by atoms with Crippen molar-refractivity contribution >= 4 is 21.4 Å². The van der Waals surface area contributed by atoms with Gasteiger partial charge in [0.2, 0.25) is 0 Å². The summed E-state index contributed by atoms with van der Waals surface area (Å²) >= 11 is 6.02. The van der Waals surface area contributed by atoms with Crippen LogP contribution in [0.4, 0.5) is 0 Å². The third-order valence-corrected chi connectivity index (χ3v) is 6.16. The van der Waals surface area contributed by atoms with E-state index in [2.05, 4.69) is 5.32 Å². The van der Waals surface area contributed by atoms with E-state index in [1.54, 1.807) is 0 Å². The summed E-state index contributed by atoms with van der Waals surface area (Å²) in [7, 11) is -3.01. The third kappa shape index (κ3) is 3.50. The molecule has 2 atom stereocenters. The van der Waals surface area contributed by atoms with Gasteiger partial charge in [0.1, 0.15) is 0 Å². The Morgan fingerprint density at radius 1 is 1.42 bits per heavy atom. The Balaban J connectivity index is 2.34. The van der Waals surface area contributed by atoms with Crippen LogP contribution in [0.1, 0.15) is 37.8 Å². The molecule has 1 aromatic carbocycles. The fourth-order valence-electron chi connectivity index (χ4n) is 2.74. The molecule has 1 heterocycles. The van der Waals surface area contributed by atoms with E-state index in [4.69, 9.17) is 11.6 Å². The summed E-state index contributed by atoms with van der Waals surface area (Å²) in [6.07, 6.45) is 2.49. The maximum atomic E-state index is 12.3. The lowest BCUT2D eigenvalue weighted by Crippen LogP contribution is -2.40. The maximum Gasteiger partial charge on any atom is 0.155 e. The van der Waals surface area contributed by atoms with E-state index in [1.165, 1.54) is 0 Å². The monoisotopic (exact) mass is 301 g/mol. The molecule has 2 rings (SSSR count). The quantitative estimate of drug-likeness (QED) is 0.930. The Kier molecular flexibility index (Phi) is 4.87. The summed E-state index contributed by atoms with van der Waals surface area (Å²) in [4.78, 5) is 0. The van der Waals surface area contributed by atoms with Crippen molar-refractivity contribution in [2.45, 2.75) is 37.5 Å². The van der Waals surface area contributed by atoms with Crippen LogP contribution in [0.2, 0.25) is 5.02 Å². The molecule has 0 aliphatic carbocycles. The highest BCUT2D eigenvalue weighted by molar-refractivity contribution is 7.92. The van der Waals surface area contributed by atoms with Crippen LogP contribution in [0, 0.1) is 0 Å². The number of halogens is 1. The van der Waals surface area contributed by atoms with E-state index in [9.17, 15) is 8.42 Å². The average Bonchev–Trinajstić information content (AvgIpc) is 2.36. The van der Waals surface area contributed by atoms with Crippen molar-refractivity contribution < 1.29 is 8.42 Å². The van der Waals surface area contributed by atoms with Crippen molar-refractivity contribution in [1.82, 2.24) is 5.32 Å². The molecule has 2 unspecified atom stereocenters. The lowest BCUT2D eigenvalue weighted by Gasteiger charge is -2.31. The zero-order valence-corrected chi connectivity index (χ0v) is 12.7. The SMILES string of the molecule is CCNC(c1cccc(Cl)c1)C1CCCCS1(=O)=O. The minimum atomic E-state index is -3.01. The first-order chi connectivity index (χ1) is 9.04. The Morgan fingerprint density at radius 3 is 2.84 bits per heavy atom. The van der Waals surface area contributed by atoms with Crippen LogP contribution in [-0.2, 0) is 9.84 Å². The molecular formula is C14H20ClNO2S. The molecule has 1 aliphatic heterocycles. The van der Waals surface area contributed by atoms with Crippen LogP contribution >= 0.6 is 11.6 Å². The fourth-order valence-corrected chi connectivity index (χ4v) is 5.04. The summed E-state index contributed by atoms with van der Waals surface area (Å²) in [5.74, 6) is 0.306. The first-order valence-corrected chi connectivity index (χ1v) is 8.84. The number of nitrogens with one attached hydrogen (secondary N) is 1. The van der Waals surface area contributed by atoms with Gasteiger partial charge in [-0.1, -0.05) is 37.1 Å². The smallest absolute Gasteiger partial charge is 0.155 e. The molecule has 1 aromatic rings. The van der Waals surface area contributed by atoms with E-state index in [-0.39, 0.29) is 11.3 Å². The molecule has 19 heavy (non-hydrogen) atoms. The average molecular weight is 302 g/mol. The second kappa shape index (κ2) is 6.25. The number of hydrogen-bond acceptors (Lipinski definition) is 3. The lowest BCUT2D eigenvalue weighted by atomic mass is 9.99. The molecular weight excluding hydrogens is 282 g/mol. The van der Waals surface area contributed by atoms with Crippen LogP contribution in [0.3, 0.4) is 0 Å². The molecule has 1 aliphatic rings. The van der Waals surface area contributed by atoms with Crippen LogP contribution in [0.5, 0.6) is 0 Å². The van der Waals surface area contributed by atoms with Crippen LogP contribution in [0.25, 0.3) is 0 Å². The summed E-state index contributed by atoms with van der Waals surface area (Å²) in [5, 5.41) is 3.63. The first kappa shape index (κ1) is 14.8. The predicted molar refractivity (Wildman–Crippen MR) is 79.3 cm³/mol. The van der Waals surface area contributed by atoms with Gasteiger partial charge in [0, 0.05) is 11.1 Å². The van der Waals surface area contributed by atoms with E-state index in [0.29, 0.717) is 10.8 Å². The highest BCUT2D eigenvalue weighted by Crippen LogP contribution is 2.31. The molecule has 0 saturated carbocycles. The minimum Gasteiger partial charge on any atom is -0.309 e. The molecule has 1 saturated heterocycles. The largest absolute Gasteiger partial charge is 0.309 e. The van der Waals surface area contributed by atoms with Gasteiger partial charge < -0.3 is 5.32 Å². The molecule has 3 nitrogen and oxygen atoms in total. The predicted octanol–water partition coefficient (Wildman–Crippen LogP) is 2.96. The van der Waals surface area contributed by atoms with Gasteiger partial charge in [-0.2, -0.15) is 0 Å². The van der Waals surface area contributed by atoms with Crippen LogP contribution < -0.4 is 5.32 Å². The van der Waals surface area contributed by atoms with E-state index < -0.39 is 9.84 Å². The normalized spacial score (nSPS) is 24.0. The van der Waals surface area contributed by atoms with Gasteiger partial charge in [-0.3, -0.25) is 0 Å². The second-order valence-electron chi connectivity index (χ2n) is 4.99. The Morgan fingerprint density at radius 2 is 2.21 bits per heavy atom. The van der Waals surface area contributed by atoms with Gasteiger partial charge in [-0.25, -0.2) is 8.42 Å². The Bertz CT molecular complexity index is 530. The molecule has 0 bridgehead atoms. The molecule has 0 radical (unpaired) electrons. The van der Waals surface area contributed by atoms with Crippen LogP contribution in [0.15, 0.2) is 24.3 Å². The van der Waals surface area contributed by atoms with Gasteiger partial charge in [-0.15, -0.1) is 0 Å². The van der Waals surface area contributed by atoms with E-state index in [0.717, 1.165) is 31.4 Å². The topological polar surface area (TPSA) is 46.2 Å². The number of hydrogen-bond donors (Lipinski definition) is 1. The minimum absolute atomic E-state index is 0.158. The zero-order valence-electron chi connectivity index (χ0n) is 11.1. The number of sulfone groups is 1. The lowest BCUT2D eigenvalue weighted by molar-refractivity contribution is 0.454. The molecule has 1 N–H and O–H groups in total. The summed E-state index contributed by atoms with van der Waals surface area (Å²) in [6, 6.07) is 7.33. The number of benzene rings is 1. The summed E-state index contributed by atoms with van der Waals surface area (Å²) in [6.45, 7) is 2.73. The maximum absolute atomic E-state index is 12.3. The van der Waals surface area contributed by atoms with Crippen molar-refractivity contribution in [3.63, 3.8) is 0 Å².